The Kier molecular flexibility index (Phi) is 6.40. The molecule has 0 atom stereocenters. The van der Waals surface area contributed by atoms with Gasteiger partial charge in [0.15, 0.2) is 5.82 Å². The van der Waals surface area contributed by atoms with E-state index in [1.54, 1.807) is 6.92 Å². The molecule has 0 aliphatic heterocycles. The number of aromatic nitrogens is 4. The molecular formula is C19H17F3N6O2. The summed E-state index contributed by atoms with van der Waals surface area (Å²) in [5.74, 6) is -3.08. The van der Waals surface area contributed by atoms with Gasteiger partial charge in [0.05, 0.1) is 16.9 Å². The van der Waals surface area contributed by atoms with Gasteiger partial charge in [-0.25, -0.2) is 13.2 Å². The minimum absolute atomic E-state index is 0.0141. The van der Waals surface area contributed by atoms with Crippen molar-refractivity contribution in [3.8, 4) is 5.69 Å². The summed E-state index contributed by atoms with van der Waals surface area (Å²) >= 11 is 0. The van der Waals surface area contributed by atoms with Gasteiger partial charge in [-0.15, -0.1) is 5.10 Å². The Labute approximate surface area is 169 Å². The van der Waals surface area contributed by atoms with Gasteiger partial charge in [0, 0.05) is 19.0 Å². The van der Waals surface area contributed by atoms with Crippen LogP contribution in [0.2, 0.25) is 0 Å². The summed E-state index contributed by atoms with van der Waals surface area (Å²) in [6.45, 7) is 1.75. The predicted molar refractivity (Wildman–Crippen MR) is 100 cm³/mol. The number of aryl methyl sites for hydroxylation is 1. The molecule has 11 heteroatoms. The van der Waals surface area contributed by atoms with Crippen LogP contribution in [0, 0.1) is 24.4 Å². The van der Waals surface area contributed by atoms with Crippen LogP contribution in [0.5, 0.6) is 0 Å². The summed E-state index contributed by atoms with van der Waals surface area (Å²) in [5, 5.41) is 15.9. The topological polar surface area (TPSA) is 102 Å². The van der Waals surface area contributed by atoms with Crippen LogP contribution in [0.1, 0.15) is 29.0 Å². The lowest BCUT2D eigenvalue weighted by Gasteiger charge is -2.10. The number of carbonyl (C=O) groups is 2. The molecule has 2 amide bonds. The highest BCUT2D eigenvalue weighted by molar-refractivity contribution is 5.94. The van der Waals surface area contributed by atoms with Crippen LogP contribution in [-0.2, 0) is 4.79 Å². The minimum atomic E-state index is -0.974. The number of hydrogen-bond acceptors (Lipinski definition) is 5. The van der Waals surface area contributed by atoms with E-state index in [1.807, 2.05) is 0 Å². The lowest BCUT2D eigenvalue weighted by Crippen LogP contribution is -2.26. The summed E-state index contributed by atoms with van der Waals surface area (Å²) in [6.07, 6.45) is 0.216. The first-order chi connectivity index (χ1) is 14.3. The van der Waals surface area contributed by atoms with E-state index in [0.29, 0.717) is 17.6 Å². The third-order valence-corrected chi connectivity index (χ3v) is 4.14. The third-order valence-electron chi connectivity index (χ3n) is 4.14. The number of carbonyl (C=O) groups excluding carboxylic acids is 2. The van der Waals surface area contributed by atoms with Crippen molar-refractivity contribution in [3.63, 3.8) is 0 Å². The minimum Gasteiger partial charge on any atom is -0.352 e. The van der Waals surface area contributed by atoms with Crippen LogP contribution in [0.3, 0.4) is 0 Å². The van der Waals surface area contributed by atoms with Gasteiger partial charge in [-0.1, -0.05) is 0 Å². The van der Waals surface area contributed by atoms with Gasteiger partial charge in [0.25, 0.3) is 5.91 Å². The molecule has 2 N–H and O–H groups in total. The van der Waals surface area contributed by atoms with Gasteiger partial charge >= 0.3 is 0 Å². The first kappa shape index (κ1) is 21.0. The molecule has 0 fully saturated rings. The number of hydrogen-bond donors (Lipinski definition) is 2. The normalized spacial score (nSPS) is 10.7. The zero-order chi connectivity index (χ0) is 21.7. The van der Waals surface area contributed by atoms with Crippen LogP contribution in [0.15, 0.2) is 36.4 Å². The molecule has 0 saturated carbocycles. The van der Waals surface area contributed by atoms with Crippen LogP contribution in [-0.4, -0.2) is 38.6 Å². The molecule has 0 aliphatic carbocycles. The second-order valence-electron chi connectivity index (χ2n) is 6.33. The summed E-state index contributed by atoms with van der Waals surface area (Å²) < 4.78 is 41.9. The largest absolute Gasteiger partial charge is 0.352 e. The van der Waals surface area contributed by atoms with E-state index in [1.165, 1.54) is 22.9 Å². The van der Waals surface area contributed by atoms with Crippen LogP contribution in [0.4, 0.5) is 18.9 Å². The standard InChI is InChI=1S/C19H17F3N6O2/c1-11-25-26-27-28(11)13-5-7-15(21)17(10-13)24-18(29)3-2-8-23-19(30)14-6-4-12(20)9-16(14)22/h4-7,9-10H,2-3,8H2,1H3,(H,23,30)(H,24,29). The lowest BCUT2D eigenvalue weighted by molar-refractivity contribution is -0.116. The van der Waals surface area contributed by atoms with Crippen molar-refractivity contribution >= 4 is 17.5 Å². The average molecular weight is 418 g/mol. The Morgan fingerprint density at radius 2 is 1.87 bits per heavy atom. The highest BCUT2D eigenvalue weighted by atomic mass is 19.1. The first-order valence-corrected chi connectivity index (χ1v) is 8.93. The number of nitrogens with zero attached hydrogens (tertiary/aromatic N) is 4. The van der Waals surface area contributed by atoms with Crippen molar-refractivity contribution in [3.05, 3.63) is 65.2 Å². The SMILES string of the molecule is Cc1nnnn1-c1ccc(F)c(NC(=O)CCCNC(=O)c2ccc(F)cc2F)c1. The van der Waals surface area contributed by atoms with Gasteiger partial charge in [-0.05, 0) is 54.1 Å². The summed E-state index contributed by atoms with van der Waals surface area (Å²) in [6, 6.07) is 6.68. The third kappa shape index (κ3) is 4.99. The number of amides is 2. The molecule has 30 heavy (non-hydrogen) atoms. The molecule has 8 nitrogen and oxygen atoms in total. The maximum Gasteiger partial charge on any atom is 0.254 e. The Balaban J connectivity index is 1.51. The summed E-state index contributed by atoms with van der Waals surface area (Å²) in [7, 11) is 0. The predicted octanol–water partition coefficient (Wildman–Crippen LogP) is 2.54. The number of tetrazole rings is 1. The fourth-order valence-corrected chi connectivity index (χ4v) is 2.64. The van der Waals surface area contributed by atoms with Crippen molar-refractivity contribution in [2.75, 3.05) is 11.9 Å². The first-order valence-electron chi connectivity index (χ1n) is 8.93. The van der Waals surface area contributed by atoms with Crippen molar-refractivity contribution in [1.29, 1.82) is 0 Å². The molecule has 1 heterocycles. The van der Waals surface area contributed by atoms with Crippen LogP contribution < -0.4 is 10.6 Å². The zero-order valence-electron chi connectivity index (χ0n) is 15.8. The molecular weight excluding hydrogens is 401 g/mol. The van der Waals surface area contributed by atoms with E-state index in [9.17, 15) is 22.8 Å². The lowest BCUT2D eigenvalue weighted by atomic mass is 10.2. The molecule has 2 aromatic carbocycles. The van der Waals surface area contributed by atoms with Gasteiger partial charge in [-0.2, -0.15) is 4.68 Å². The monoisotopic (exact) mass is 418 g/mol. The molecule has 0 saturated heterocycles. The number of benzene rings is 2. The van der Waals surface area contributed by atoms with E-state index in [0.717, 1.165) is 12.1 Å². The molecule has 156 valence electrons. The van der Waals surface area contributed by atoms with Gasteiger partial charge in [0.2, 0.25) is 5.91 Å². The Hall–Kier alpha value is -3.76. The van der Waals surface area contributed by atoms with Crippen molar-refractivity contribution < 1.29 is 22.8 Å². The van der Waals surface area contributed by atoms with Crippen molar-refractivity contribution in [2.24, 2.45) is 0 Å². The highest BCUT2D eigenvalue weighted by Gasteiger charge is 2.13. The number of halogens is 3. The molecule has 1 aromatic heterocycles. The second kappa shape index (κ2) is 9.16. The van der Waals surface area contributed by atoms with Crippen LogP contribution in [0.25, 0.3) is 5.69 Å². The second-order valence-corrected chi connectivity index (χ2v) is 6.33. The molecule has 0 radical (unpaired) electrons. The Morgan fingerprint density at radius 1 is 1.07 bits per heavy atom. The van der Waals surface area contributed by atoms with Crippen molar-refractivity contribution in [2.45, 2.75) is 19.8 Å². The summed E-state index contributed by atoms with van der Waals surface area (Å²) in [5.41, 5.74) is 0.144. The molecule has 0 aliphatic rings. The van der Waals surface area contributed by atoms with Crippen molar-refractivity contribution in [1.82, 2.24) is 25.5 Å². The maximum absolute atomic E-state index is 14.0. The molecule has 0 unspecified atom stereocenters. The van der Waals surface area contributed by atoms with Crippen LogP contribution >= 0.6 is 0 Å². The smallest absolute Gasteiger partial charge is 0.254 e. The zero-order valence-corrected chi connectivity index (χ0v) is 15.8. The Bertz CT molecular complexity index is 1090. The number of rotatable bonds is 7. The van der Waals surface area contributed by atoms with E-state index >= 15 is 0 Å². The van der Waals surface area contributed by atoms with E-state index in [4.69, 9.17) is 0 Å². The van der Waals surface area contributed by atoms with E-state index < -0.39 is 29.3 Å². The van der Waals surface area contributed by atoms with E-state index in [2.05, 4.69) is 26.2 Å². The molecule has 0 spiro atoms. The van der Waals surface area contributed by atoms with Gasteiger partial charge < -0.3 is 10.6 Å². The molecule has 3 aromatic rings. The Morgan fingerprint density at radius 3 is 2.57 bits per heavy atom. The molecule has 3 rings (SSSR count). The van der Waals surface area contributed by atoms with Gasteiger partial charge in [-0.3, -0.25) is 9.59 Å². The fraction of sp³-hybridized carbons (Fsp3) is 0.211. The van der Waals surface area contributed by atoms with Gasteiger partial charge in [0.1, 0.15) is 17.5 Å². The highest BCUT2D eigenvalue weighted by Crippen LogP contribution is 2.19. The maximum atomic E-state index is 14.0. The molecule has 0 bridgehead atoms. The number of nitrogens with one attached hydrogen (secondary N) is 2. The average Bonchev–Trinajstić information content (AvgIpc) is 3.12. The quantitative estimate of drug-likeness (QED) is 0.574. The fourth-order valence-electron chi connectivity index (χ4n) is 2.64. The summed E-state index contributed by atoms with van der Waals surface area (Å²) in [4.78, 5) is 24.0. The van der Waals surface area contributed by atoms with E-state index in [-0.39, 0.29) is 30.6 Å². The number of anilines is 1.